The van der Waals surface area contributed by atoms with E-state index in [1.54, 1.807) is 17.5 Å². The largest absolute Gasteiger partial charge is 0.458 e. The second-order valence-corrected chi connectivity index (χ2v) is 4.75. The Morgan fingerprint density at radius 2 is 2.11 bits per heavy atom. The van der Waals surface area contributed by atoms with E-state index in [1.807, 2.05) is 0 Å². The molecular weight excluding hydrogens is 266 g/mol. The molecule has 0 radical (unpaired) electrons. The number of aromatic nitrogens is 1. The van der Waals surface area contributed by atoms with Gasteiger partial charge in [-0.05, 0) is 12.1 Å². The Labute approximate surface area is 113 Å². The van der Waals surface area contributed by atoms with Crippen molar-refractivity contribution in [2.75, 3.05) is 5.32 Å². The molecule has 2 rings (SSSR count). The first kappa shape index (κ1) is 13.3. The van der Waals surface area contributed by atoms with Gasteiger partial charge in [0.25, 0.3) is 0 Å². The zero-order valence-corrected chi connectivity index (χ0v) is 11.3. The monoisotopic (exact) mass is 279 g/mol. The minimum Gasteiger partial charge on any atom is -0.458 e. The van der Waals surface area contributed by atoms with Crippen LogP contribution in [0.25, 0.3) is 11.5 Å². The minimum atomic E-state index is -0.160. The molecule has 6 nitrogen and oxygen atoms in total. The molecule has 0 bridgehead atoms. The molecule has 7 heteroatoms. The van der Waals surface area contributed by atoms with Crippen molar-refractivity contribution < 1.29 is 14.0 Å². The van der Waals surface area contributed by atoms with Crippen LogP contribution in [0.4, 0.5) is 5.13 Å². The van der Waals surface area contributed by atoms with E-state index in [0.717, 1.165) is 0 Å². The van der Waals surface area contributed by atoms with Crippen LogP contribution in [0.2, 0.25) is 0 Å². The molecule has 0 aromatic carbocycles. The van der Waals surface area contributed by atoms with E-state index in [1.165, 1.54) is 25.2 Å². The van der Waals surface area contributed by atoms with Gasteiger partial charge in [-0.3, -0.25) is 9.59 Å². The fourth-order valence-corrected chi connectivity index (χ4v) is 2.16. The van der Waals surface area contributed by atoms with Crippen molar-refractivity contribution in [3.05, 3.63) is 23.3 Å². The van der Waals surface area contributed by atoms with Crippen LogP contribution >= 0.6 is 11.3 Å². The Balaban J connectivity index is 2.07. The maximum absolute atomic E-state index is 10.9. The van der Waals surface area contributed by atoms with Crippen LogP contribution in [0.15, 0.2) is 21.9 Å². The fourth-order valence-electron chi connectivity index (χ4n) is 1.42. The zero-order valence-electron chi connectivity index (χ0n) is 10.5. The first-order valence-electron chi connectivity index (χ1n) is 5.61. The van der Waals surface area contributed by atoms with Crippen molar-refractivity contribution in [3.8, 4) is 11.5 Å². The van der Waals surface area contributed by atoms with Gasteiger partial charge in [0, 0.05) is 19.2 Å². The summed E-state index contributed by atoms with van der Waals surface area (Å²) in [4.78, 5) is 25.9. The second-order valence-electron chi connectivity index (χ2n) is 3.89. The Morgan fingerprint density at radius 1 is 1.32 bits per heavy atom. The highest BCUT2D eigenvalue weighted by Gasteiger charge is 2.10. The van der Waals surface area contributed by atoms with Crippen LogP contribution in [0.3, 0.4) is 0 Å². The van der Waals surface area contributed by atoms with E-state index >= 15 is 0 Å². The standard InChI is InChI=1S/C12H13N3O3S/c1-7(16)13-5-9-3-4-11(18-9)10-6-19-12(15-10)14-8(2)17/h3-4,6H,5H2,1-2H3,(H,13,16)(H,14,15,17). The lowest BCUT2D eigenvalue weighted by atomic mass is 10.3. The lowest BCUT2D eigenvalue weighted by Crippen LogP contribution is -2.18. The van der Waals surface area contributed by atoms with Crippen LogP contribution in [-0.2, 0) is 16.1 Å². The van der Waals surface area contributed by atoms with Gasteiger partial charge in [0.2, 0.25) is 11.8 Å². The molecule has 0 aliphatic heterocycles. The third-order valence-corrected chi connectivity index (χ3v) is 2.97. The molecule has 2 aromatic heterocycles. The third-order valence-electron chi connectivity index (χ3n) is 2.21. The molecule has 0 saturated carbocycles. The summed E-state index contributed by atoms with van der Waals surface area (Å²) in [6.07, 6.45) is 0. The van der Waals surface area contributed by atoms with Gasteiger partial charge in [0.1, 0.15) is 11.5 Å². The molecule has 0 aliphatic rings. The molecule has 0 aliphatic carbocycles. The summed E-state index contributed by atoms with van der Waals surface area (Å²) in [5.41, 5.74) is 0.655. The van der Waals surface area contributed by atoms with Gasteiger partial charge < -0.3 is 15.1 Å². The van der Waals surface area contributed by atoms with Gasteiger partial charge in [-0.25, -0.2) is 4.98 Å². The van der Waals surface area contributed by atoms with Crippen molar-refractivity contribution in [3.63, 3.8) is 0 Å². The van der Waals surface area contributed by atoms with Crippen molar-refractivity contribution in [1.29, 1.82) is 0 Å². The van der Waals surface area contributed by atoms with Crippen LogP contribution in [0.5, 0.6) is 0 Å². The summed E-state index contributed by atoms with van der Waals surface area (Å²) in [6.45, 7) is 3.22. The number of hydrogen-bond donors (Lipinski definition) is 2. The summed E-state index contributed by atoms with van der Waals surface area (Å²) >= 11 is 1.33. The van der Waals surface area contributed by atoms with Crippen LogP contribution in [0, 0.1) is 0 Å². The highest BCUT2D eigenvalue weighted by Crippen LogP contribution is 2.26. The maximum Gasteiger partial charge on any atom is 0.223 e. The predicted octanol–water partition coefficient (Wildman–Crippen LogP) is 2.00. The van der Waals surface area contributed by atoms with Gasteiger partial charge in [-0.2, -0.15) is 0 Å². The molecule has 100 valence electrons. The van der Waals surface area contributed by atoms with Crippen molar-refractivity contribution in [2.45, 2.75) is 20.4 Å². The average Bonchev–Trinajstić information content (AvgIpc) is 2.93. The summed E-state index contributed by atoms with van der Waals surface area (Å²) < 4.78 is 5.56. The van der Waals surface area contributed by atoms with Crippen molar-refractivity contribution >= 4 is 28.3 Å². The van der Waals surface area contributed by atoms with E-state index in [9.17, 15) is 9.59 Å². The Morgan fingerprint density at radius 3 is 2.79 bits per heavy atom. The molecule has 2 heterocycles. The molecule has 0 unspecified atom stereocenters. The molecule has 19 heavy (non-hydrogen) atoms. The van der Waals surface area contributed by atoms with Gasteiger partial charge in [0.15, 0.2) is 10.9 Å². The van der Waals surface area contributed by atoms with Gasteiger partial charge >= 0.3 is 0 Å². The predicted molar refractivity (Wildman–Crippen MR) is 71.6 cm³/mol. The molecule has 0 saturated heterocycles. The number of rotatable bonds is 4. The lowest BCUT2D eigenvalue weighted by Gasteiger charge is -1.97. The number of carbonyl (C=O) groups is 2. The molecule has 2 aromatic rings. The maximum atomic E-state index is 10.9. The minimum absolute atomic E-state index is 0.112. The summed E-state index contributed by atoms with van der Waals surface area (Å²) in [5.74, 6) is 0.985. The SMILES string of the molecule is CC(=O)NCc1ccc(-c2csc(NC(C)=O)n2)o1. The normalized spacial score (nSPS) is 10.2. The first-order valence-corrected chi connectivity index (χ1v) is 6.49. The number of thiazole rings is 1. The molecule has 2 N–H and O–H groups in total. The quantitative estimate of drug-likeness (QED) is 0.896. The number of furan rings is 1. The zero-order chi connectivity index (χ0) is 13.8. The number of nitrogens with one attached hydrogen (secondary N) is 2. The van der Waals surface area contributed by atoms with Crippen LogP contribution < -0.4 is 10.6 Å². The molecule has 0 spiro atoms. The van der Waals surface area contributed by atoms with Gasteiger partial charge in [-0.15, -0.1) is 11.3 Å². The van der Waals surface area contributed by atoms with Crippen molar-refractivity contribution in [1.82, 2.24) is 10.3 Å². The summed E-state index contributed by atoms with van der Waals surface area (Å²) in [7, 11) is 0. The second kappa shape index (κ2) is 5.66. The Kier molecular flexibility index (Phi) is 3.96. The summed E-state index contributed by atoms with van der Waals surface area (Å²) in [5, 5.41) is 7.59. The van der Waals surface area contributed by atoms with Crippen LogP contribution in [-0.4, -0.2) is 16.8 Å². The molecule has 0 atom stereocenters. The number of amides is 2. The Bertz CT molecular complexity index is 603. The number of anilines is 1. The van der Waals surface area contributed by atoms with Crippen LogP contribution in [0.1, 0.15) is 19.6 Å². The fraction of sp³-hybridized carbons (Fsp3) is 0.250. The number of carbonyl (C=O) groups excluding carboxylic acids is 2. The van der Waals surface area contributed by atoms with E-state index in [4.69, 9.17) is 4.42 Å². The van der Waals surface area contributed by atoms with Gasteiger partial charge in [-0.1, -0.05) is 0 Å². The first-order chi connectivity index (χ1) is 9.04. The number of nitrogens with zero attached hydrogens (tertiary/aromatic N) is 1. The highest BCUT2D eigenvalue weighted by molar-refractivity contribution is 7.14. The van der Waals surface area contributed by atoms with E-state index in [0.29, 0.717) is 28.9 Å². The topological polar surface area (TPSA) is 84.2 Å². The smallest absolute Gasteiger partial charge is 0.223 e. The van der Waals surface area contributed by atoms with Crippen molar-refractivity contribution in [2.24, 2.45) is 0 Å². The highest BCUT2D eigenvalue weighted by atomic mass is 32.1. The Hall–Kier alpha value is -2.15. The van der Waals surface area contributed by atoms with E-state index in [-0.39, 0.29) is 11.8 Å². The number of hydrogen-bond acceptors (Lipinski definition) is 5. The molecule has 2 amide bonds. The molecule has 0 fully saturated rings. The average molecular weight is 279 g/mol. The third kappa shape index (κ3) is 3.65. The van der Waals surface area contributed by atoms with E-state index in [2.05, 4.69) is 15.6 Å². The van der Waals surface area contributed by atoms with E-state index < -0.39 is 0 Å². The van der Waals surface area contributed by atoms with Gasteiger partial charge in [0.05, 0.1) is 6.54 Å². The molecular formula is C12H13N3O3S. The summed E-state index contributed by atoms with van der Waals surface area (Å²) in [6, 6.07) is 3.56. The lowest BCUT2D eigenvalue weighted by molar-refractivity contribution is -0.119.